The van der Waals surface area contributed by atoms with E-state index in [0.717, 1.165) is 11.1 Å². The number of halogens is 1. The van der Waals surface area contributed by atoms with Gasteiger partial charge in [-0.2, -0.15) is 0 Å². The molecule has 0 atom stereocenters. The molecule has 0 aliphatic heterocycles. The lowest BCUT2D eigenvalue weighted by Gasteiger charge is -2.28. The van der Waals surface area contributed by atoms with Crippen molar-refractivity contribution in [3.05, 3.63) is 71.0 Å². The molecule has 1 aromatic heterocycles. The molecule has 1 amide bonds. The Kier molecular flexibility index (Phi) is 6.12. The van der Waals surface area contributed by atoms with Crippen LogP contribution in [0.1, 0.15) is 25.0 Å². The molecule has 5 heteroatoms. The zero-order valence-electron chi connectivity index (χ0n) is 13.8. The summed E-state index contributed by atoms with van der Waals surface area (Å²) in [7, 11) is 0. The molecule has 1 N–H and O–H groups in total. The van der Waals surface area contributed by atoms with Crippen molar-refractivity contribution in [2.24, 2.45) is 0 Å². The molecule has 1 aromatic carbocycles. The Balaban J connectivity index is 2.14. The van der Waals surface area contributed by atoms with Gasteiger partial charge in [0, 0.05) is 25.4 Å². The fourth-order valence-corrected chi connectivity index (χ4v) is 2.46. The van der Waals surface area contributed by atoms with Crippen LogP contribution in [0.5, 0.6) is 0 Å². The molecule has 0 fully saturated rings. The molecule has 0 saturated heterocycles. The van der Waals surface area contributed by atoms with Gasteiger partial charge < -0.3 is 10.0 Å². The predicted octanol–water partition coefficient (Wildman–Crippen LogP) is 3.55. The Morgan fingerprint density at radius 2 is 2.00 bits per heavy atom. The number of nitrogens with zero attached hydrogens (tertiary/aromatic N) is 2. The Bertz CT molecular complexity index is 709. The van der Waals surface area contributed by atoms with E-state index in [4.69, 9.17) is 11.6 Å². The Morgan fingerprint density at radius 3 is 2.62 bits per heavy atom. The monoisotopic (exact) mass is 344 g/mol. The van der Waals surface area contributed by atoms with Crippen molar-refractivity contribution in [2.75, 3.05) is 6.54 Å². The zero-order valence-corrected chi connectivity index (χ0v) is 14.6. The minimum Gasteiger partial charge on any atom is -0.389 e. The summed E-state index contributed by atoms with van der Waals surface area (Å²) in [6, 6.07) is 13.1. The third-order valence-electron chi connectivity index (χ3n) is 3.27. The number of hydrogen-bond donors (Lipinski definition) is 1. The van der Waals surface area contributed by atoms with Gasteiger partial charge in [-0.25, -0.2) is 4.98 Å². The van der Waals surface area contributed by atoms with Crippen LogP contribution in [0.15, 0.2) is 54.7 Å². The van der Waals surface area contributed by atoms with Crippen molar-refractivity contribution in [2.45, 2.75) is 26.0 Å². The number of hydrogen-bond acceptors (Lipinski definition) is 3. The van der Waals surface area contributed by atoms with Crippen LogP contribution >= 0.6 is 11.6 Å². The summed E-state index contributed by atoms with van der Waals surface area (Å²) in [6.07, 6.45) is 4.77. The Labute approximate surface area is 147 Å². The average Bonchev–Trinajstić information content (AvgIpc) is 2.52. The maximum absolute atomic E-state index is 12.6. The minimum atomic E-state index is -0.974. The smallest absolute Gasteiger partial charge is 0.246 e. The van der Waals surface area contributed by atoms with Crippen molar-refractivity contribution < 1.29 is 9.90 Å². The largest absolute Gasteiger partial charge is 0.389 e. The Hall–Kier alpha value is -2.17. The maximum atomic E-state index is 12.6. The quantitative estimate of drug-likeness (QED) is 0.644. The normalized spacial score (nSPS) is 11.7. The molecular weight excluding hydrogens is 324 g/mol. The first-order chi connectivity index (χ1) is 11.3. The molecule has 24 heavy (non-hydrogen) atoms. The van der Waals surface area contributed by atoms with Crippen molar-refractivity contribution in [3.8, 4) is 0 Å². The number of pyridine rings is 1. The van der Waals surface area contributed by atoms with Crippen LogP contribution in [0.25, 0.3) is 6.08 Å². The molecule has 0 aliphatic carbocycles. The lowest BCUT2D eigenvalue weighted by atomic mass is 10.1. The number of amides is 1. The topological polar surface area (TPSA) is 53.4 Å². The SMILES string of the molecule is CC(C)(O)CN(Cc1ccccc1)C(=O)/C=C/c1ccnc(Cl)c1. The van der Waals surface area contributed by atoms with E-state index in [-0.39, 0.29) is 12.5 Å². The highest BCUT2D eigenvalue weighted by Gasteiger charge is 2.21. The molecule has 4 nitrogen and oxygen atoms in total. The van der Waals surface area contributed by atoms with Crippen molar-refractivity contribution in [1.82, 2.24) is 9.88 Å². The number of aromatic nitrogens is 1. The van der Waals surface area contributed by atoms with E-state index in [9.17, 15) is 9.90 Å². The van der Waals surface area contributed by atoms with Crippen LogP contribution in [-0.4, -0.2) is 33.0 Å². The van der Waals surface area contributed by atoms with E-state index in [1.165, 1.54) is 6.08 Å². The second-order valence-corrected chi connectivity index (χ2v) is 6.62. The van der Waals surface area contributed by atoms with Crippen LogP contribution in [-0.2, 0) is 11.3 Å². The van der Waals surface area contributed by atoms with Crippen LogP contribution in [0, 0.1) is 0 Å². The first kappa shape index (κ1) is 18.2. The van der Waals surface area contributed by atoms with Gasteiger partial charge in [-0.3, -0.25) is 4.79 Å². The number of carbonyl (C=O) groups excluding carboxylic acids is 1. The summed E-state index contributed by atoms with van der Waals surface area (Å²) >= 11 is 5.84. The second kappa shape index (κ2) is 8.08. The average molecular weight is 345 g/mol. The molecule has 0 spiro atoms. The Morgan fingerprint density at radius 1 is 1.29 bits per heavy atom. The van der Waals surface area contributed by atoms with Gasteiger partial charge in [-0.1, -0.05) is 41.9 Å². The van der Waals surface area contributed by atoms with Gasteiger partial charge in [-0.05, 0) is 43.2 Å². The summed E-state index contributed by atoms with van der Waals surface area (Å²) in [4.78, 5) is 18.1. The molecule has 2 aromatic rings. The van der Waals surface area contributed by atoms with E-state index in [0.29, 0.717) is 11.7 Å². The summed E-state index contributed by atoms with van der Waals surface area (Å²) in [6.45, 7) is 4.04. The summed E-state index contributed by atoms with van der Waals surface area (Å²) in [5, 5.41) is 10.5. The molecule has 126 valence electrons. The zero-order chi connectivity index (χ0) is 17.6. The first-order valence-electron chi connectivity index (χ1n) is 7.68. The summed E-state index contributed by atoms with van der Waals surface area (Å²) in [5.74, 6) is -0.172. The summed E-state index contributed by atoms with van der Waals surface area (Å²) in [5.41, 5.74) is 0.833. The number of aliphatic hydroxyl groups is 1. The van der Waals surface area contributed by atoms with Gasteiger partial charge in [0.15, 0.2) is 0 Å². The standard InChI is InChI=1S/C19H21ClN2O2/c1-19(2,24)14-22(13-16-6-4-3-5-7-16)18(23)9-8-15-10-11-21-17(20)12-15/h3-12,24H,13-14H2,1-2H3/b9-8+. The molecular formula is C19H21ClN2O2. The van der Waals surface area contributed by atoms with E-state index < -0.39 is 5.60 Å². The molecule has 0 bridgehead atoms. The van der Waals surface area contributed by atoms with E-state index in [1.54, 1.807) is 43.2 Å². The molecule has 0 unspecified atom stereocenters. The molecule has 1 heterocycles. The fraction of sp³-hybridized carbons (Fsp3) is 0.263. The lowest BCUT2D eigenvalue weighted by molar-refractivity contribution is -0.129. The third kappa shape index (κ3) is 6.14. The molecule has 0 saturated carbocycles. The number of benzene rings is 1. The van der Waals surface area contributed by atoms with Crippen LogP contribution in [0.4, 0.5) is 0 Å². The number of rotatable bonds is 6. The summed E-state index contributed by atoms with van der Waals surface area (Å²) < 4.78 is 0. The predicted molar refractivity (Wildman–Crippen MR) is 96.4 cm³/mol. The van der Waals surface area contributed by atoms with E-state index in [1.807, 2.05) is 30.3 Å². The van der Waals surface area contributed by atoms with Gasteiger partial charge in [0.1, 0.15) is 5.15 Å². The number of carbonyl (C=O) groups is 1. The van der Waals surface area contributed by atoms with Crippen LogP contribution in [0.2, 0.25) is 5.15 Å². The fourth-order valence-electron chi connectivity index (χ4n) is 2.28. The molecule has 0 aliphatic rings. The minimum absolute atomic E-state index is 0.172. The van der Waals surface area contributed by atoms with Crippen molar-refractivity contribution >= 4 is 23.6 Å². The molecule has 0 radical (unpaired) electrons. The van der Waals surface area contributed by atoms with Gasteiger partial charge in [-0.15, -0.1) is 0 Å². The van der Waals surface area contributed by atoms with Gasteiger partial charge in [0.25, 0.3) is 0 Å². The second-order valence-electron chi connectivity index (χ2n) is 6.24. The van der Waals surface area contributed by atoms with E-state index in [2.05, 4.69) is 4.98 Å². The first-order valence-corrected chi connectivity index (χ1v) is 8.06. The van der Waals surface area contributed by atoms with Crippen LogP contribution in [0.3, 0.4) is 0 Å². The molecule has 2 rings (SSSR count). The maximum Gasteiger partial charge on any atom is 0.246 e. The van der Waals surface area contributed by atoms with E-state index >= 15 is 0 Å². The van der Waals surface area contributed by atoms with Gasteiger partial charge in [0.05, 0.1) is 5.60 Å². The highest BCUT2D eigenvalue weighted by Crippen LogP contribution is 2.13. The van der Waals surface area contributed by atoms with Crippen LogP contribution < -0.4 is 0 Å². The highest BCUT2D eigenvalue weighted by atomic mass is 35.5. The van der Waals surface area contributed by atoms with Crippen molar-refractivity contribution in [1.29, 1.82) is 0 Å². The highest BCUT2D eigenvalue weighted by molar-refractivity contribution is 6.29. The lowest BCUT2D eigenvalue weighted by Crippen LogP contribution is -2.41. The van der Waals surface area contributed by atoms with Gasteiger partial charge in [0.2, 0.25) is 5.91 Å². The van der Waals surface area contributed by atoms with Crippen molar-refractivity contribution in [3.63, 3.8) is 0 Å². The van der Waals surface area contributed by atoms with Gasteiger partial charge >= 0.3 is 0 Å². The third-order valence-corrected chi connectivity index (χ3v) is 3.48.